The molecule has 2 saturated carbocycles. The van der Waals surface area contributed by atoms with Crippen LogP contribution < -0.4 is 20.7 Å². The van der Waals surface area contributed by atoms with E-state index in [2.05, 4.69) is 61.4 Å². The minimum absolute atomic E-state index is 0.0294. The normalized spacial score (nSPS) is 16.1. The third-order valence-electron chi connectivity index (χ3n) is 9.47. The molecule has 0 bridgehead atoms. The molecule has 2 aromatic heterocycles. The van der Waals surface area contributed by atoms with Gasteiger partial charge in [-0.1, -0.05) is 37.3 Å². The van der Waals surface area contributed by atoms with E-state index in [1.807, 2.05) is 37.4 Å². The van der Waals surface area contributed by atoms with Gasteiger partial charge in [0.15, 0.2) is 17.2 Å². The number of rotatable bonds is 13. The summed E-state index contributed by atoms with van der Waals surface area (Å²) in [5.41, 5.74) is 5.22. The highest BCUT2D eigenvalue weighted by molar-refractivity contribution is 6.41. The molecule has 11 nitrogen and oxygen atoms in total. The second kappa shape index (κ2) is 14.3. The molecule has 49 heavy (non-hydrogen) atoms. The zero-order chi connectivity index (χ0) is 34.7. The molecule has 1 aliphatic heterocycles. The fraction of sp³-hybridized carbons (Fsp3) is 0.389. The van der Waals surface area contributed by atoms with Crippen LogP contribution in [0.25, 0.3) is 16.8 Å². The van der Waals surface area contributed by atoms with Crippen molar-refractivity contribution in [3.63, 3.8) is 0 Å². The quantitative estimate of drug-likeness (QED) is 0.186. The predicted molar refractivity (Wildman–Crippen MR) is 193 cm³/mol. The van der Waals surface area contributed by atoms with Crippen molar-refractivity contribution in [2.24, 2.45) is 11.8 Å². The van der Waals surface area contributed by atoms with E-state index in [0.29, 0.717) is 17.1 Å². The number of hydrogen-bond acceptors (Lipinski definition) is 8. The number of amides is 2. The molecule has 2 fully saturated rings. The average Bonchev–Trinajstić information content (AvgIpc) is 3.90. The van der Waals surface area contributed by atoms with E-state index in [-0.39, 0.29) is 29.3 Å². The lowest BCUT2D eigenvalue weighted by Crippen LogP contribution is -2.57. The molecule has 6 rings (SSSR count). The maximum absolute atomic E-state index is 13.5. The van der Waals surface area contributed by atoms with Crippen molar-refractivity contribution in [1.82, 2.24) is 25.4 Å². The number of methoxy groups -OCH3 is 1. The van der Waals surface area contributed by atoms with Gasteiger partial charge < -0.3 is 25.6 Å². The number of carbonyl (C=O) groups excluding carboxylic acids is 2. The molecule has 3 N–H and O–H groups in total. The largest absolute Gasteiger partial charge is 0.494 e. The highest BCUT2D eigenvalue weighted by Gasteiger charge is 2.35. The van der Waals surface area contributed by atoms with Gasteiger partial charge >= 0.3 is 0 Å². The number of nitrogens with zero attached hydrogens (tertiary/aromatic N) is 5. The van der Waals surface area contributed by atoms with Crippen molar-refractivity contribution >= 4 is 56.1 Å². The van der Waals surface area contributed by atoms with E-state index in [4.69, 9.17) is 25.4 Å². The van der Waals surface area contributed by atoms with E-state index in [0.717, 1.165) is 74.1 Å². The van der Waals surface area contributed by atoms with Gasteiger partial charge in [0.25, 0.3) is 5.91 Å². The highest BCUT2D eigenvalue weighted by atomic mass is 16.5. The summed E-state index contributed by atoms with van der Waals surface area (Å²) in [4.78, 5) is 32.9. The van der Waals surface area contributed by atoms with Crippen molar-refractivity contribution in [3.05, 3.63) is 72.7 Å². The van der Waals surface area contributed by atoms with Crippen molar-refractivity contribution in [2.75, 3.05) is 44.9 Å². The molecule has 2 aliphatic carbocycles. The van der Waals surface area contributed by atoms with Crippen LogP contribution in [0.3, 0.4) is 0 Å². The molecule has 0 atom stereocenters. The molecule has 248 valence electrons. The van der Waals surface area contributed by atoms with Gasteiger partial charge in [-0.05, 0) is 49.1 Å². The number of aromatic nitrogens is 3. The molecule has 0 saturated heterocycles. The van der Waals surface area contributed by atoms with Gasteiger partial charge in [-0.3, -0.25) is 14.6 Å². The maximum Gasteiger partial charge on any atom is 0.273 e. The van der Waals surface area contributed by atoms with Crippen LogP contribution in [-0.4, -0.2) is 97.5 Å². The Morgan fingerprint density at radius 3 is 2.57 bits per heavy atom. The van der Waals surface area contributed by atoms with Gasteiger partial charge in [0.05, 0.1) is 45.6 Å². The molecular weight excluding hydrogens is 614 g/mol. The number of ether oxygens (including phenoxy) is 1. The van der Waals surface area contributed by atoms with E-state index in [1.54, 1.807) is 19.4 Å². The Balaban J connectivity index is 1.25. The van der Waals surface area contributed by atoms with Crippen LogP contribution in [-0.2, 0) is 4.79 Å². The van der Waals surface area contributed by atoms with Gasteiger partial charge in [0.1, 0.15) is 25.9 Å². The first-order valence-electron chi connectivity index (χ1n) is 16.7. The Labute approximate surface area is 290 Å². The molecule has 2 amide bonds. The summed E-state index contributed by atoms with van der Waals surface area (Å²) < 4.78 is 8.17. The summed E-state index contributed by atoms with van der Waals surface area (Å²) >= 11 is 0. The number of nitrogens with one attached hydrogen (secondary N) is 3. The van der Waals surface area contributed by atoms with Crippen LogP contribution in [0, 0.1) is 11.8 Å². The maximum atomic E-state index is 13.5. The lowest BCUT2D eigenvalue weighted by molar-refractivity contribution is -0.497. The molecule has 4 radical (unpaired) electrons. The van der Waals surface area contributed by atoms with Gasteiger partial charge in [-0.25, -0.2) is 4.58 Å². The first-order chi connectivity index (χ1) is 23.5. The number of pyridine rings is 1. The molecular formula is C36H41B2N8O3+. The minimum Gasteiger partial charge on any atom is -0.494 e. The monoisotopic (exact) mass is 655 g/mol. The van der Waals surface area contributed by atoms with Crippen LogP contribution in [0.15, 0.2) is 61.3 Å². The molecule has 0 spiro atoms. The van der Waals surface area contributed by atoms with Crippen molar-refractivity contribution < 1.29 is 18.9 Å². The Kier molecular flexibility index (Phi) is 9.89. The fourth-order valence-corrected chi connectivity index (χ4v) is 5.95. The minimum atomic E-state index is -1.40. The number of anilines is 3. The van der Waals surface area contributed by atoms with Gasteiger partial charge in [-0.2, -0.15) is 0 Å². The molecule has 1 aromatic carbocycles. The second-order valence-electron chi connectivity index (χ2n) is 13.1. The van der Waals surface area contributed by atoms with Crippen molar-refractivity contribution in [1.29, 1.82) is 0 Å². The lowest BCUT2D eigenvalue weighted by atomic mass is 9.50. The Morgan fingerprint density at radius 2 is 1.92 bits per heavy atom. The van der Waals surface area contributed by atoms with E-state index in [1.165, 1.54) is 5.71 Å². The fourth-order valence-electron chi connectivity index (χ4n) is 5.95. The van der Waals surface area contributed by atoms with Crippen LogP contribution in [0.5, 0.6) is 5.75 Å². The average molecular weight is 655 g/mol. The van der Waals surface area contributed by atoms with Gasteiger partial charge in [-0.15, -0.1) is 10.2 Å². The first kappa shape index (κ1) is 34.0. The van der Waals surface area contributed by atoms with Crippen molar-refractivity contribution in [2.45, 2.75) is 43.9 Å². The SMILES string of the molecule is [B]C([B])(NC(=O)c1nnc(NC(=O)C2CC2)cc1Nc1cccc(-c2ccc(C(=C)N(C)CC3=[N+](C)CCC=C3)nc2)c1OC)C1CCC1. The van der Waals surface area contributed by atoms with Gasteiger partial charge in [0, 0.05) is 48.9 Å². The predicted octanol–water partition coefficient (Wildman–Crippen LogP) is 4.11. The summed E-state index contributed by atoms with van der Waals surface area (Å²) in [6.45, 7) is 6.03. The summed E-state index contributed by atoms with van der Waals surface area (Å²) in [5.74, 6) is -0.0657. The summed E-state index contributed by atoms with van der Waals surface area (Å²) in [5, 5.41) is 15.7. The smallest absolute Gasteiger partial charge is 0.273 e. The van der Waals surface area contributed by atoms with E-state index >= 15 is 0 Å². The Hall–Kier alpha value is -4.93. The summed E-state index contributed by atoms with van der Waals surface area (Å²) in [6, 6.07) is 11.1. The number of benzene rings is 1. The molecule has 0 unspecified atom stereocenters. The number of para-hydroxylation sites is 1. The molecule has 3 aromatic rings. The Bertz CT molecular complexity index is 1820. The van der Waals surface area contributed by atoms with E-state index in [9.17, 15) is 9.59 Å². The van der Waals surface area contributed by atoms with Crippen molar-refractivity contribution in [3.8, 4) is 16.9 Å². The summed E-state index contributed by atoms with van der Waals surface area (Å²) in [7, 11) is 18.3. The molecule has 3 aliphatic rings. The molecule has 3 heterocycles. The van der Waals surface area contributed by atoms with Crippen LogP contribution in [0.1, 0.15) is 54.7 Å². The van der Waals surface area contributed by atoms with Crippen LogP contribution >= 0.6 is 0 Å². The molecule has 13 heteroatoms. The third kappa shape index (κ3) is 7.71. The third-order valence-corrected chi connectivity index (χ3v) is 9.47. The lowest BCUT2D eigenvalue weighted by Gasteiger charge is -2.42. The summed E-state index contributed by atoms with van der Waals surface area (Å²) in [6.07, 6.45) is 11.5. The van der Waals surface area contributed by atoms with E-state index < -0.39 is 11.2 Å². The Morgan fingerprint density at radius 1 is 1.12 bits per heavy atom. The standard InChI is InChI=1S/C36H40B2N8O3/c1-22(46(3)21-26-11-5-6-18-45(26)2)28-17-16-24(20-39-28)27-12-8-13-29(33(27)49-4)40-30-19-31(41-34(47)23-14-15-23)43-44-32(30)35(48)42-36(37,38)25-9-7-10-25/h5,8,11-13,16-17,19-20,23,25H,1,6-7,9-10,14-15,18,21H2,2-4H3,(H2-,40,41,42,43,47,48)/p+1. The highest BCUT2D eigenvalue weighted by Crippen LogP contribution is 2.39. The zero-order valence-corrected chi connectivity index (χ0v) is 28.3. The second-order valence-corrected chi connectivity index (χ2v) is 13.1. The van der Waals surface area contributed by atoms with Crippen LogP contribution in [0.2, 0.25) is 0 Å². The zero-order valence-electron chi connectivity index (χ0n) is 28.3. The topological polar surface area (TPSA) is 124 Å². The first-order valence-corrected chi connectivity index (χ1v) is 16.7. The number of carbonyl (C=O) groups is 2. The van der Waals surface area contributed by atoms with Gasteiger partial charge in [0.2, 0.25) is 5.91 Å². The number of hydrogen-bond donors (Lipinski definition) is 3. The van der Waals surface area contributed by atoms with Crippen LogP contribution in [0.4, 0.5) is 17.2 Å².